The summed E-state index contributed by atoms with van der Waals surface area (Å²) in [7, 11) is -3.44. The van der Waals surface area contributed by atoms with E-state index in [-0.39, 0.29) is 17.7 Å². The lowest BCUT2D eigenvalue weighted by Gasteiger charge is -2.43. The van der Waals surface area contributed by atoms with Crippen molar-refractivity contribution in [2.75, 3.05) is 11.1 Å². The molecule has 5 nitrogen and oxygen atoms in total. The molecular formula is C24H33N3O2S. The molecule has 0 amide bonds. The molecule has 6 heteroatoms. The van der Waals surface area contributed by atoms with E-state index in [0.29, 0.717) is 18.4 Å². The number of rotatable bonds is 8. The number of sulfonamides is 1. The van der Waals surface area contributed by atoms with Crippen LogP contribution in [0.5, 0.6) is 0 Å². The summed E-state index contributed by atoms with van der Waals surface area (Å²) < 4.78 is 29.3. The van der Waals surface area contributed by atoms with Crippen LogP contribution >= 0.6 is 0 Å². The number of aryl methyl sites for hydroxylation is 1. The molecule has 162 valence electrons. The van der Waals surface area contributed by atoms with Crippen LogP contribution in [0.15, 0.2) is 48.7 Å². The summed E-state index contributed by atoms with van der Waals surface area (Å²) in [6.45, 7) is 2.18. The van der Waals surface area contributed by atoms with Crippen molar-refractivity contribution in [3.8, 4) is 0 Å². The molecule has 0 saturated heterocycles. The number of nitrogens with zero attached hydrogens (tertiary/aromatic N) is 1. The van der Waals surface area contributed by atoms with Gasteiger partial charge in [0.25, 0.3) is 0 Å². The Balaban J connectivity index is 1.59. The van der Waals surface area contributed by atoms with Gasteiger partial charge in [-0.2, -0.15) is 0 Å². The highest BCUT2D eigenvalue weighted by atomic mass is 32.2. The van der Waals surface area contributed by atoms with Crippen LogP contribution in [0.4, 0.5) is 5.69 Å². The molecule has 0 spiro atoms. The smallest absolute Gasteiger partial charge is 0.212 e. The Bertz CT molecular complexity index is 926. The zero-order chi connectivity index (χ0) is 21.0. The van der Waals surface area contributed by atoms with Crippen LogP contribution in [0.3, 0.4) is 0 Å². The fourth-order valence-corrected chi connectivity index (χ4v) is 6.54. The van der Waals surface area contributed by atoms with E-state index in [1.807, 2.05) is 42.5 Å². The van der Waals surface area contributed by atoms with Gasteiger partial charge in [-0.15, -0.1) is 0 Å². The van der Waals surface area contributed by atoms with E-state index in [4.69, 9.17) is 0 Å². The summed E-state index contributed by atoms with van der Waals surface area (Å²) >= 11 is 0. The van der Waals surface area contributed by atoms with Gasteiger partial charge >= 0.3 is 0 Å². The lowest BCUT2D eigenvalue weighted by Crippen LogP contribution is -2.48. The van der Waals surface area contributed by atoms with Crippen LogP contribution < -0.4 is 10.0 Å². The Kier molecular flexibility index (Phi) is 6.74. The molecular weight excluding hydrogens is 394 g/mol. The maximum atomic E-state index is 13.1. The highest BCUT2D eigenvalue weighted by molar-refractivity contribution is 7.89. The van der Waals surface area contributed by atoms with Gasteiger partial charge in [-0.05, 0) is 49.3 Å². The first-order valence-electron chi connectivity index (χ1n) is 11.3. The van der Waals surface area contributed by atoms with Gasteiger partial charge < -0.3 is 5.32 Å². The second-order valence-corrected chi connectivity index (χ2v) is 10.6. The van der Waals surface area contributed by atoms with Crippen LogP contribution in [-0.4, -0.2) is 25.2 Å². The summed E-state index contributed by atoms with van der Waals surface area (Å²) in [4.78, 5) is 4.61. The minimum absolute atomic E-state index is 0.0933. The molecule has 2 heterocycles. The predicted molar refractivity (Wildman–Crippen MR) is 122 cm³/mol. The number of pyridine rings is 1. The molecule has 1 aliphatic carbocycles. The van der Waals surface area contributed by atoms with Crippen molar-refractivity contribution in [1.29, 1.82) is 0 Å². The number of anilines is 1. The Hall–Kier alpha value is -1.92. The van der Waals surface area contributed by atoms with Crippen molar-refractivity contribution < 1.29 is 8.42 Å². The minimum atomic E-state index is -3.44. The summed E-state index contributed by atoms with van der Waals surface area (Å²) in [6.07, 6.45) is 9.29. The van der Waals surface area contributed by atoms with Crippen molar-refractivity contribution in [1.82, 2.24) is 9.71 Å². The van der Waals surface area contributed by atoms with E-state index in [1.165, 1.54) is 25.7 Å². The van der Waals surface area contributed by atoms with Gasteiger partial charge in [0, 0.05) is 18.2 Å². The summed E-state index contributed by atoms with van der Waals surface area (Å²) in [5.74, 6) is 0.911. The van der Waals surface area contributed by atoms with E-state index < -0.39 is 10.0 Å². The summed E-state index contributed by atoms with van der Waals surface area (Å²) in [6, 6.07) is 13.8. The average Bonchev–Trinajstić information content (AvgIpc) is 3.29. The Morgan fingerprint density at radius 2 is 1.87 bits per heavy atom. The van der Waals surface area contributed by atoms with Gasteiger partial charge in [-0.3, -0.25) is 4.98 Å². The van der Waals surface area contributed by atoms with Crippen molar-refractivity contribution in [3.63, 3.8) is 0 Å². The standard InChI is InChI=1S/C24H33N3O2S/c1-2-9-20-22(19-12-6-7-13-19)26-21-14-8-16-25-24(21)23(20)27-30(28,29)17-15-18-10-4-3-5-11-18/h3-5,8,10-11,14,16,19-20,22-23,26-27H,2,6-7,9,12-13,15,17H2,1H3/t20?,22?,23-/m1/s1. The molecule has 30 heavy (non-hydrogen) atoms. The molecule has 1 saturated carbocycles. The molecule has 0 radical (unpaired) electrons. The van der Waals surface area contributed by atoms with Crippen LogP contribution in [0.2, 0.25) is 0 Å². The molecule has 2 aromatic rings. The molecule has 1 aliphatic heterocycles. The minimum Gasteiger partial charge on any atom is -0.380 e. The molecule has 1 aromatic carbocycles. The van der Waals surface area contributed by atoms with E-state index >= 15 is 0 Å². The predicted octanol–water partition coefficient (Wildman–Crippen LogP) is 4.69. The van der Waals surface area contributed by atoms with Gasteiger partial charge in [0.15, 0.2) is 0 Å². The van der Waals surface area contributed by atoms with Gasteiger partial charge in [-0.1, -0.05) is 56.5 Å². The quantitative estimate of drug-likeness (QED) is 0.641. The first kappa shape index (κ1) is 21.3. The molecule has 1 fully saturated rings. The third-order valence-corrected chi connectivity index (χ3v) is 8.04. The zero-order valence-corrected chi connectivity index (χ0v) is 18.6. The number of benzene rings is 1. The zero-order valence-electron chi connectivity index (χ0n) is 17.8. The fourth-order valence-electron chi connectivity index (χ4n) is 5.24. The van der Waals surface area contributed by atoms with Gasteiger partial charge in [0.1, 0.15) is 0 Å². The van der Waals surface area contributed by atoms with Crippen molar-refractivity contribution in [2.24, 2.45) is 11.8 Å². The lowest BCUT2D eigenvalue weighted by atomic mass is 9.76. The monoisotopic (exact) mass is 427 g/mol. The number of aromatic nitrogens is 1. The maximum Gasteiger partial charge on any atom is 0.212 e. The van der Waals surface area contributed by atoms with E-state index in [1.54, 1.807) is 6.20 Å². The molecule has 2 unspecified atom stereocenters. The van der Waals surface area contributed by atoms with Crippen LogP contribution in [0.25, 0.3) is 0 Å². The van der Waals surface area contributed by atoms with Crippen LogP contribution in [-0.2, 0) is 16.4 Å². The fraction of sp³-hybridized carbons (Fsp3) is 0.542. The number of hydrogen-bond acceptors (Lipinski definition) is 4. The van der Waals surface area contributed by atoms with Gasteiger partial charge in [0.05, 0.1) is 23.2 Å². The highest BCUT2D eigenvalue weighted by Crippen LogP contribution is 2.44. The number of nitrogens with one attached hydrogen (secondary N) is 2. The Morgan fingerprint density at radius 1 is 1.10 bits per heavy atom. The first-order valence-corrected chi connectivity index (χ1v) is 13.0. The molecule has 3 atom stereocenters. The van der Waals surface area contributed by atoms with E-state index in [2.05, 4.69) is 21.9 Å². The van der Waals surface area contributed by atoms with Crippen molar-refractivity contribution in [2.45, 2.75) is 64.0 Å². The van der Waals surface area contributed by atoms with Crippen molar-refractivity contribution >= 4 is 15.7 Å². The lowest BCUT2D eigenvalue weighted by molar-refractivity contribution is 0.250. The second-order valence-electron chi connectivity index (χ2n) is 8.75. The first-order chi connectivity index (χ1) is 14.6. The molecule has 2 aliphatic rings. The Morgan fingerprint density at radius 3 is 2.60 bits per heavy atom. The average molecular weight is 428 g/mol. The number of hydrogen-bond donors (Lipinski definition) is 2. The van der Waals surface area contributed by atoms with Gasteiger partial charge in [0.2, 0.25) is 10.0 Å². The van der Waals surface area contributed by atoms with E-state index in [9.17, 15) is 8.42 Å². The second kappa shape index (κ2) is 9.48. The third kappa shape index (κ3) is 4.86. The summed E-state index contributed by atoms with van der Waals surface area (Å²) in [5.41, 5.74) is 2.87. The summed E-state index contributed by atoms with van der Waals surface area (Å²) in [5, 5.41) is 3.75. The maximum absolute atomic E-state index is 13.1. The largest absolute Gasteiger partial charge is 0.380 e. The topological polar surface area (TPSA) is 71.1 Å². The van der Waals surface area contributed by atoms with Gasteiger partial charge in [-0.25, -0.2) is 13.1 Å². The van der Waals surface area contributed by atoms with Crippen molar-refractivity contribution in [3.05, 3.63) is 59.9 Å². The molecule has 2 N–H and O–H groups in total. The molecule has 4 rings (SSSR count). The number of fused-ring (bicyclic) bond motifs is 1. The normalized spacial score (nSPS) is 24.4. The molecule has 1 aromatic heterocycles. The van der Waals surface area contributed by atoms with E-state index in [0.717, 1.165) is 29.8 Å². The van der Waals surface area contributed by atoms with Crippen LogP contribution in [0, 0.1) is 11.8 Å². The SMILES string of the molecule is CCCC1C(C2CCCC2)Nc2cccnc2[C@@H]1NS(=O)(=O)CCc1ccccc1. The third-order valence-electron chi connectivity index (χ3n) is 6.68. The Labute approximate surface area is 180 Å². The molecule has 0 bridgehead atoms. The van der Waals surface area contributed by atoms with Crippen LogP contribution in [0.1, 0.15) is 62.7 Å². The highest BCUT2D eigenvalue weighted by Gasteiger charge is 2.42.